The molecule has 2 fully saturated rings. The molecule has 0 unspecified atom stereocenters. The number of rotatable bonds is 6. The van der Waals surface area contributed by atoms with E-state index in [4.69, 9.17) is 0 Å². The second kappa shape index (κ2) is 7.03. The molecule has 0 spiro atoms. The Hall–Kier alpha value is -2.09. The molecule has 3 rings (SSSR count). The number of aryl methyl sites for hydroxylation is 1. The highest BCUT2D eigenvalue weighted by Crippen LogP contribution is 2.28. The molecule has 0 aliphatic carbocycles. The molecule has 2 heterocycles. The third kappa shape index (κ3) is 3.95. The first-order valence-electron chi connectivity index (χ1n) is 8.51. The van der Waals surface area contributed by atoms with Crippen LogP contribution in [0.5, 0.6) is 0 Å². The Kier molecular flexibility index (Phi) is 4.99. The van der Waals surface area contributed by atoms with Crippen molar-refractivity contribution in [2.45, 2.75) is 49.9 Å². The molecule has 25 heavy (non-hydrogen) atoms. The minimum atomic E-state index is -3.20. The van der Waals surface area contributed by atoms with Gasteiger partial charge in [0.05, 0.1) is 23.1 Å². The number of urea groups is 1. The minimum Gasteiger partial charge on any atom is -0.332 e. The van der Waals surface area contributed by atoms with Gasteiger partial charge in [-0.25, -0.2) is 13.2 Å². The maximum atomic E-state index is 12.2. The van der Waals surface area contributed by atoms with Gasteiger partial charge in [-0.05, 0) is 31.4 Å². The Balaban J connectivity index is 1.46. The first kappa shape index (κ1) is 17.7. The molecule has 0 saturated carbocycles. The summed E-state index contributed by atoms with van der Waals surface area (Å²) in [6.07, 6.45) is 2.05. The molecule has 2 aliphatic rings. The van der Waals surface area contributed by atoms with Crippen molar-refractivity contribution in [1.29, 1.82) is 0 Å². The van der Waals surface area contributed by atoms with E-state index in [1.807, 2.05) is 31.2 Å². The summed E-state index contributed by atoms with van der Waals surface area (Å²) in [6, 6.07) is 6.60. The monoisotopic (exact) mass is 365 g/mol. The number of hydrogen-bond acceptors (Lipinski definition) is 4. The highest BCUT2D eigenvalue weighted by atomic mass is 32.2. The Bertz CT molecular complexity index is 778. The first-order chi connectivity index (χ1) is 11.9. The quantitative estimate of drug-likeness (QED) is 0.523. The van der Waals surface area contributed by atoms with E-state index in [0.29, 0.717) is 25.7 Å². The van der Waals surface area contributed by atoms with E-state index in [0.717, 1.165) is 11.3 Å². The fourth-order valence-electron chi connectivity index (χ4n) is 3.56. The van der Waals surface area contributed by atoms with Crippen molar-refractivity contribution in [3.05, 3.63) is 29.8 Å². The van der Waals surface area contributed by atoms with Gasteiger partial charge in [0.15, 0.2) is 9.84 Å². The van der Waals surface area contributed by atoms with Crippen molar-refractivity contribution in [2.24, 2.45) is 0 Å². The highest BCUT2D eigenvalue weighted by Gasteiger charge is 2.51. The van der Waals surface area contributed by atoms with Gasteiger partial charge in [-0.2, -0.15) is 0 Å². The molecule has 3 N–H and O–H groups in total. The normalized spacial score (nSPS) is 26.6. The minimum absolute atomic E-state index is 0.00512. The van der Waals surface area contributed by atoms with Crippen LogP contribution in [0.15, 0.2) is 24.3 Å². The smallest absolute Gasteiger partial charge is 0.315 e. The van der Waals surface area contributed by atoms with Crippen LogP contribution in [0, 0.1) is 6.92 Å². The zero-order valence-corrected chi connectivity index (χ0v) is 14.9. The van der Waals surface area contributed by atoms with Crippen LogP contribution in [0.25, 0.3) is 0 Å². The van der Waals surface area contributed by atoms with Crippen LogP contribution < -0.4 is 16.0 Å². The lowest BCUT2D eigenvalue weighted by Gasteiger charge is -2.16. The standard InChI is InChI=1S/C17H23N3O4S/c1-11-6-2-3-7-12(11)18-15(21)9-5-4-8-14-16-13(10-25(14,23)24)19-17(22)20-16/h2-3,6-7,13-14,16H,4-5,8-10H2,1H3,(H,18,21)(H2,19,20,22)/t13-,14-,16-/m1/s1. The molecular formula is C17H23N3O4S. The van der Waals surface area contributed by atoms with E-state index in [-0.39, 0.29) is 29.8 Å². The Morgan fingerprint density at radius 2 is 2.00 bits per heavy atom. The molecule has 3 amide bonds. The zero-order valence-electron chi connectivity index (χ0n) is 14.1. The number of sulfone groups is 1. The van der Waals surface area contributed by atoms with Crippen LogP contribution in [0.2, 0.25) is 0 Å². The topological polar surface area (TPSA) is 104 Å². The summed E-state index contributed by atoms with van der Waals surface area (Å²) >= 11 is 0. The number of fused-ring (bicyclic) bond motifs is 1. The SMILES string of the molecule is Cc1ccccc1NC(=O)CCCC[C@@H]1[C@@H]2NC(=O)N[C@@H]2CS1(=O)=O. The van der Waals surface area contributed by atoms with Gasteiger partial charge >= 0.3 is 6.03 Å². The lowest BCUT2D eigenvalue weighted by atomic mass is 10.0. The number of anilines is 1. The summed E-state index contributed by atoms with van der Waals surface area (Å²) in [4.78, 5) is 23.4. The van der Waals surface area contributed by atoms with Crippen LogP contribution >= 0.6 is 0 Å². The van der Waals surface area contributed by atoms with Crippen LogP contribution in [-0.2, 0) is 14.6 Å². The molecule has 2 saturated heterocycles. The molecule has 3 atom stereocenters. The van der Waals surface area contributed by atoms with Crippen molar-refractivity contribution in [3.63, 3.8) is 0 Å². The van der Waals surface area contributed by atoms with E-state index in [1.165, 1.54) is 0 Å². The van der Waals surface area contributed by atoms with Gasteiger partial charge in [0, 0.05) is 12.1 Å². The van der Waals surface area contributed by atoms with E-state index < -0.39 is 15.1 Å². The summed E-state index contributed by atoms with van der Waals surface area (Å²) in [5.41, 5.74) is 1.80. The summed E-state index contributed by atoms with van der Waals surface area (Å²) in [5, 5.41) is 7.67. The van der Waals surface area contributed by atoms with Gasteiger partial charge in [0.2, 0.25) is 5.91 Å². The number of benzene rings is 1. The van der Waals surface area contributed by atoms with E-state index in [1.54, 1.807) is 0 Å². The third-order valence-electron chi connectivity index (χ3n) is 4.88. The van der Waals surface area contributed by atoms with Crippen LogP contribution in [0.1, 0.15) is 31.2 Å². The Morgan fingerprint density at radius 3 is 2.76 bits per heavy atom. The summed E-state index contributed by atoms with van der Waals surface area (Å²) in [7, 11) is -3.20. The average Bonchev–Trinajstić information content (AvgIpc) is 2.98. The number of carbonyl (C=O) groups is 2. The van der Waals surface area contributed by atoms with Crippen molar-refractivity contribution >= 4 is 27.5 Å². The van der Waals surface area contributed by atoms with Gasteiger partial charge in [0.1, 0.15) is 0 Å². The van der Waals surface area contributed by atoms with Gasteiger partial charge in [-0.1, -0.05) is 24.6 Å². The first-order valence-corrected chi connectivity index (χ1v) is 10.2. The second-order valence-electron chi connectivity index (χ2n) is 6.73. The Labute approximate surface area is 147 Å². The third-order valence-corrected chi connectivity index (χ3v) is 7.16. The Morgan fingerprint density at radius 1 is 1.24 bits per heavy atom. The maximum absolute atomic E-state index is 12.2. The van der Waals surface area contributed by atoms with Gasteiger partial charge in [-0.3, -0.25) is 4.79 Å². The number of hydrogen-bond donors (Lipinski definition) is 3. The fraction of sp³-hybridized carbons (Fsp3) is 0.529. The van der Waals surface area contributed by atoms with E-state index >= 15 is 0 Å². The number of nitrogens with one attached hydrogen (secondary N) is 3. The number of amides is 3. The molecule has 8 heteroatoms. The molecular weight excluding hydrogens is 342 g/mol. The highest BCUT2D eigenvalue weighted by molar-refractivity contribution is 7.92. The largest absolute Gasteiger partial charge is 0.332 e. The lowest BCUT2D eigenvalue weighted by molar-refractivity contribution is -0.116. The maximum Gasteiger partial charge on any atom is 0.315 e. The van der Waals surface area contributed by atoms with Crippen LogP contribution in [-0.4, -0.2) is 43.4 Å². The van der Waals surface area contributed by atoms with Crippen molar-refractivity contribution in [3.8, 4) is 0 Å². The average molecular weight is 365 g/mol. The number of para-hydroxylation sites is 1. The number of unbranched alkanes of at least 4 members (excludes halogenated alkanes) is 1. The lowest BCUT2D eigenvalue weighted by Crippen LogP contribution is -2.39. The molecule has 136 valence electrons. The molecule has 1 aromatic carbocycles. The molecule has 7 nitrogen and oxygen atoms in total. The van der Waals surface area contributed by atoms with Crippen molar-refractivity contribution < 1.29 is 18.0 Å². The van der Waals surface area contributed by atoms with E-state index in [2.05, 4.69) is 16.0 Å². The molecule has 0 bridgehead atoms. The van der Waals surface area contributed by atoms with Crippen LogP contribution in [0.4, 0.5) is 10.5 Å². The second-order valence-corrected chi connectivity index (χ2v) is 8.99. The summed E-state index contributed by atoms with van der Waals surface area (Å²) in [6.45, 7) is 1.93. The molecule has 2 aliphatic heterocycles. The number of carbonyl (C=O) groups excluding carboxylic acids is 2. The van der Waals surface area contributed by atoms with Crippen molar-refractivity contribution in [2.75, 3.05) is 11.1 Å². The summed E-state index contributed by atoms with van der Waals surface area (Å²) in [5.74, 6) is -0.0771. The predicted molar refractivity (Wildman–Crippen MR) is 95.1 cm³/mol. The molecule has 0 aromatic heterocycles. The zero-order chi connectivity index (χ0) is 18.0. The fourth-order valence-corrected chi connectivity index (χ4v) is 5.83. The molecule has 0 radical (unpaired) electrons. The van der Waals surface area contributed by atoms with Crippen LogP contribution in [0.3, 0.4) is 0 Å². The van der Waals surface area contributed by atoms with Gasteiger partial charge in [0.25, 0.3) is 0 Å². The van der Waals surface area contributed by atoms with E-state index in [9.17, 15) is 18.0 Å². The predicted octanol–water partition coefficient (Wildman–Crippen LogP) is 1.34. The van der Waals surface area contributed by atoms with Gasteiger partial charge in [-0.15, -0.1) is 0 Å². The summed E-state index contributed by atoms with van der Waals surface area (Å²) < 4.78 is 24.4. The van der Waals surface area contributed by atoms with Gasteiger partial charge < -0.3 is 16.0 Å². The molecule has 1 aromatic rings. The van der Waals surface area contributed by atoms with Crippen molar-refractivity contribution in [1.82, 2.24) is 10.6 Å².